The number of nitrogens with one attached hydrogen (secondary N) is 1. The third-order valence-corrected chi connectivity index (χ3v) is 1.65. The first-order chi connectivity index (χ1) is 5.20. The number of hydrogen-bond acceptors (Lipinski definition) is 3. The Kier molecular flexibility index (Phi) is 6.36. The van der Waals surface area contributed by atoms with E-state index in [1.807, 2.05) is 13.2 Å². The number of rotatable bonds is 5. The van der Waals surface area contributed by atoms with Crippen molar-refractivity contribution < 1.29 is 9.53 Å². The van der Waals surface area contributed by atoms with E-state index in [2.05, 4.69) is 5.32 Å². The molecule has 1 atom stereocenters. The molecule has 0 saturated carbocycles. The van der Waals surface area contributed by atoms with Crippen LogP contribution >= 0.6 is 11.8 Å². The van der Waals surface area contributed by atoms with Crippen molar-refractivity contribution in [3.8, 4) is 0 Å². The van der Waals surface area contributed by atoms with Gasteiger partial charge < -0.3 is 10.1 Å². The molecular weight excluding hydrogens is 162 g/mol. The molecule has 0 bridgehead atoms. The van der Waals surface area contributed by atoms with Crippen molar-refractivity contribution in [3.05, 3.63) is 0 Å². The van der Waals surface area contributed by atoms with E-state index < -0.39 is 0 Å². The zero-order chi connectivity index (χ0) is 8.69. The van der Waals surface area contributed by atoms with Crippen molar-refractivity contribution >= 4 is 17.7 Å². The van der Waals surface area contributed by atoms with E-state index in [0.29, 0.717) is 12.4 Å². The molecule has 0 aromatic rings. The van der Waals surface area contributed by atoms with Crippen LogP contribution in [0, 0.1) is 0 Å². The lowest BCUT2D eigenvalue weighted by molar-refractivity contribution is -0.119. The van der Waals surface area contributed by atoms with Crippen LogP contribution in [0.15, 0.2) is 0 Å². The predicted molar refractivity (Wildman–Crippen MR) is 47.9 cm³/mol. The second kappa shape index (κ2) is 6.49. The minimum atomic E-state index is 0.0713. The molecule has 0 aromatic heterocycles. The summed E-state index contributed by atoms with van der Waals surface area (Å²) < 4.78 is 4.86. The van der Waals surface area contributed by atoms with Crippen LogP contribution < -0.4 is 5.32 Å². The van der Waals surface area contributed by atoms with Gasteiger partial charge in [0, 0.05) is 13.2 Å². The molecule has 1 N–H and O–H groups in total. The first-order valence-corrected chi connectivity index (χ1v) is 4.87. The molecule has 0 aliphatic heterocycles. The van der Waals surface area contributed by atoms with Crippen LogP contribution in [-0.4, -0.2) is 37.7 Å². The first-order valence-electron chi connectivity index (χ1n) is 3.48. The summed E-state index contributed by atoms with van der Waals surface area (Å²) in [4.78, 5) is 10.9. The SMILES string of the molecule is COCC(C)NC(=O)CSC. The lowest BCUT2D eigenvalue weighted by atomic mass is 10.3. The Hall–Kier alpha value is -0.220. The molecule has 0 heterocycles. The standard InChI is InChI=1S/C7H15NO2S/c1-6(4-10-2)8-7(9)5-11-3/h6H,4-5H2,1-3H3,(H,8,9). The molecule has 1 unspecified atom stereocenters. The van der Waals surface area contributed by atoms with E-state index in [-0.39, 0.29) is 11.9 Å². The number of methoxy groups -OCH3 is 1. The third-order valence-electron chi connectivity index (χ3n) is 1.10. The highest BCUT2D eigenvalue weighted by Crippen LogP contribution is 1.91. The van der Waals surface area contributed by atoms with Gasteiger partial charge in [-0.25, -0.2) is 0 Å². The summed E-state index contributed by atoms with van der Waals surface area (Å²) in [5.41, 5.74) is 0. The molecule has 0 aromatic carbocycles. The number of amides is 1. The monoisotopic (exact) mass is 177 g/mol. The Morgan fingerprint density at radius 1 is 1.73 bits per heavy atom. The Morgan fingerprint density at radius 3 is 2.82 bits per heavy atom. The van der Waals surface area contributed by atoms with Crippen LogP contribution in [0.3, 0.4) is 0 Å². The average Bonchev–Trinajstić information content (AvgIpc) is 1.87. The second-order valence-electron chi connectivity index (χ2n) is 2.36. The van der Waals surface area contributed by atoms with Gasteiger partial charge in [0.05, 0.1) is 12.4 Å². The number of hydrogen-bond donors (Lipinski definition) is 1. The molecule has 4 heteroatoms. The highest BCUT2D eigenvalue weighted by molar-refractivity contribution is 7.99. The molecule has 1 amide bonds. The quantitative estimate of drug-likeness (QED) is 0.664. The number of thioether (sulfide) groups is 1. The summed E-state index contributed by atoms with van der Waals surface area (Å²) >= 11 is 1.52. The van der Waals surface area contributed by atoms with Gasteiger partial charge in [0.25, 0.3) is 0 Å². The van der Waals surface area contributed by atoms with Gasteiger partial charge in [-0.15, -0.1) is 0 Å². The minimum absolute atomic E-state index is 0.0713. The summed E-state index contributed by atoms with van der Waals surface area (Å²) in [6.07, 6.45) is 1.90. The number of ether oxygens (including phenoxy) is 1. The van der Waals surface area contributed by atoms with Gasteiger partial charge in [-0.05, 0) is 13.2 Å². The highest BCUT2D eigenvalue weighted by atomic mass is 32.2. The van der Waals surface area contributed by atoms with Crippen molar-refractivity contribution in [2.45, 2.75) is 13.0 Å². The minimum Gasteiger partial charge on any atom is -0.383 e. The maximum atomic E-state index is 10.9. The molecule has 0 rings (SSSR count). The molecule has 66 valence electrons. The zero-order valence-corrected chi connectivity index (χ0v) is 8.03. The molecule has 0 fully saturated rings. The van der Waals surface area contributed by atoms with Crippen LogP contribution in [-0.2, 0) is 9.53 Å². The largest absolute Gasteiger partial charge is 0.383 e. The number of carbonyl (C=O) groups is 1. The predicted octanol–water partition coefficient (Wildman–Crippen LogP) is 0.500. The summed E-state index contributed by atoms with van der Waals surface area (Å²) in [5, 5.41) is 2.80. The fraction of sp³-hybridized carbons (Fsp3) is 0.857. The number of carbonyl (C=O) groups excluding carboxylic acids is 1. The van der Waals surface area contributed by atoms with E-state index >= 15 is 0 Å². The van der Waals surface area contributed by atoms with Crippen LogP contribution in [0.5, 0.6) is 0 Å². The summed E-state index contributed by atoms with van der Waals surface area (Å²) in [6.45, 7) is 2.49. The summed E-state index contributed by atoms with van der Waals surface area (Å²) in [5.74, 6) is 0.593. The normalized spacial score (nSPS) is 12.6. The van der Waals surface area contributed by atoms with E-state index in [1.54, 1.807) is 7.11 Å². The van der Waals surface area contributed by atoms with Crippen molar-refractivity contribution in [1.82, 2.24) is 5.32 Å². The smallest absolute Gasteiger partial charge is 0.230 e. The fourth-order valence-corrected chi connectivity index (χ4v) is 1.08. The van der Waals surface area contributed by atoms with Gasteiger partial charge >= 0.3 is 0 Å². The van der Waals surface area contributed by atoms with Crippen molar-refractivity contribution in [2.75, 3.05) is 25.7 Å². The van der Waals surface area contributed by atoms with Crippen LogP contribution in [0.1, 0.15) is 6.92 Å². The van der Waals surface area contributed by atoms with Gasteiger partial charge in [0.1, 0.15) is 0 Å². The van der Waals surface area contributed by atoms with E-state index in [4.69, 9.17) is 4.74 Å². The van der Waals surface area contributed by atoms with Gasteiger partial charge in [0.2, 0.25) is 5.91 Å². The maximum Gasteiger partial charge on any atom is 0.230 e. The zero-order valence-electron chi connectivity index (χ0n) is 7.22. The molecule has 0 spiro atoms. The topological polar surface area (TPSA) is 38.3 Å². The van der Waals surface area contributed by atoms with Crippen LogP contribution in [0.4, 0.5) is 0 Å². The lowest BCUT2D eigenvalue weighted by Gasteiger charge is -2.11. The molecular formula is C7H15NO2S. The Morgan fingerprint density at radius 2 is 2.36 bits per heavy atom. The Labute approximate surface area is 71.9 Å². The molecule has 3 nitrogen and oxygen atoms in total. The van der Waals surface area contributed by atoms with Gasteiger partial charge in [-0.2, -0.15) is 11.8 Å². The maximum absolute atomic E-state index is 10.9. The second-order valence-corrected chi connectivity index (χ2v) is 3.22. The fourth-order valence-electron chi connectivity index (χ4n) is 0.739. The molecule has 0 aliphatic rings. The summed E-state index contributed by atoms with van der Waals surface area (Å²) in [7, 11) is 1.62. The average molecular weight is 177 g/mol. The van der Waals surface area contributed by atoms with Gasteiger partial charge in [-0.3, -0.25) is 4.79 Å². The van der Waals surface area contributed by atoms with Crippen LogP contribution in [0.25, 0.3) is 0 Å². The molecule has 0 radical (unpaired) electrons. The van der Waals surface area contributed by atoms with E-state index in [1.165, 1.54) is 11.8 Å². The first kappa shape index (κ1) is 10.8. The summed E-state index contributed by atoms with van der Waals surface area (Å²) in [6, 6.07) is 0.111. The molecule has 11 heavy (non-hydrogen) atoms. The highest BCUT2D eigenvalue weighted by Gasteiger charge is 2.04. The Bertz CT molecular complexity index is 119. The van der Waals surface area contributed by atoms with Gasteiger partial charge in [0.15, 0.2) is 0 Å². The van der Waals surface area contributed by atoms with Crippen molar-refractivity contribution in [3.63, 3.8) is 0 Å². The van der Waals surface area contributed by atoms with Gasteiger partial charge in [-0.1, -0.05) is 0 Å². The molecule has 0 saturated heterocycles. The molecule has 0 aliphatic carbocycles. The van der Waals surface area contributed by atoms with Crippen LogP contribution in [0.2, 0.25) is 0 Å². The lowest BCUT2D eigenvalue weighted by Crippen LogP contribution is -2.36. The van der Waals surface area contributed by atoms with Crippen molar-refractivity contribution in [1.29, 1.82) is 0 Å². The van der Waals surface area contributed by atoms with E-state index in [9.17, 15) is 4.79 Å². The van der Waals surface area contributed by atoms with Crippen molar-refractivity contribution in [2.24, 2.45) is 0 Å². The third kappa shape index (κ3) is 6.19. The Balaban J connectivity index is 3.40. The van der Waals surface area contributed by atoms with E-state index in [0.717, 1.165) is 0 Å².